The SMILES string of the molecule is CC(C)CNCC(O)COc1ccc(C(C)(C)C)cc1. The standard InChI is InChI=1S/C17H29NO2/c1-13(2)10-18-11-15(19)12-20-16-8-6-14(7-9-16)17(3,4)5/h6-9,13,15,18-19H,10-12H2,1-5H3. The molecule has 0 bridgehead atoms. The van der Waals surface area contributed by atoms with Gasteiger partial charge >= 0.3 is 0 Å². The highest BCUT2D eigenvalue weighted by atomic mass is 16.5. The van der Waals surface area contributed by atoms with Crippen molar-refractivity contribution in [3.63, 3.8) is 0 Å². The maximum Gasteiger partial charge on any atom is 0.119 e. The summed E-state index contributed by atoms with van der Waals surface area (Å²) < 4.78 is 5.60. The molecule has 3 nitrogen and oxygen atoms in total. The number of benzene rings is 1. The first kappa shape index (κ1) is 17.0. The van der Waals surface area contributed by atoms with Gasteiger partial charge in [-0.05, 0) is 35.6 Å². The first-order valence-electron chi connectivity index (χ1n) is 7.41. The molecule has 1 atom stereocenters. The smallest absolute Gasteiger partial charge is 0.119 e. The molecule has 0 radical (unpaired) electrons. The zero-order valence-corrected chi connectivity index (χ0v) is 13.4. The summed E-state index contributed by atoms with van der Waals surface area (Å²) in [5.41, 5.74) is 1.43. The number of aliphatic hydroxyl groups is 1. The number of rotatable bonds is 7. The average Bonchev–Trinajstić information content (AvgIpc) is 2.35. The van der Waals surface area contributed by atoms with Crippen LogP contribution in [-0.4, -0.2) is 30.9 Å². The summed E-state index contributed by atoms with van der Waals surface area (Å²) in [6.07, 6.45) is -0.476. The van der Waals surface area contributed by atoms with Crippen molar-refractivity contribution in [3.8, 4) is 5.75 Å². The van der Waals surface area contributed by atoms with Crippen molar-refractivity contribution in [2.45, 2.75) is 46.1 Å². The van der Waals surface area contributed by atoms with E-state index in [9.17, 15) is 5.11 Å². The lowest BCUT2D eigenvalue weighted by atomic mass is 9.87. The van der Waals surface area contributed by atoms with Crippen molar-refractivity contribution in [2.24, 2.45) is 5.92 Å². The van der Waals surface area contributed by atoms with Gasteiger partial charge in [0.05, 0.1) is 0 Å². The summed E-state index contributed by atoms with van der Waals surface area (Å²) in [6.45, 7) is 12.7. The van der Waals surface area contributed by atoms with E-state index in [1.165, 1.54) is 5.56 Å². The number of nitrogens with one attached hydrogen (secondary N) is 1. The Kier molecular flexibility index (Phi) is 6.50. The fourth-order valence-corrected chi connectivity index (χ4v) is 1.84. The topological polar surface area (TPSA) is 41.5 Å². The summed E-state index contributed by atoms with van der Waals surface area (Å²) in [5.74, 6) is 1.40. The Morgan fingerprint density at radius 1 is 1.10 bits per heavy atom. The fourth-order valence-electron chi connectivity index (χ4n) is 1.84. The van der Waals surface area contributed by atoms with E-state index in [-0.39, 0.29) is 5.41 Å². The van der Waals surface area contributed by atoms with E-state index in [1.807, 2.05) is 12.1 Å². The van der Waals surface area contributed by atoms with Crippen molar-refractivity contribution in [3.05, 3.63) is 29.8 Å². The lowest BCUT2D eigenvalue weighted by Gasteiger charge is -2.19. The van der Waals surface area contributed by atoms with Crippen molar-refractivity contribution >= 4 is 0 Å². The van der Waals surface area contributed by atoms with Gasteiger partial charge < -0.3 is 15.2 Å². The van der Waals surface area contributed by atoms with Crippen LogP contribution in [0.15, 0.2) is 24.3 Å². The Labute approximate surface area is 123 Å². The van der Waals surface area contributed by atoms with Crippen LogP contribution < -0.4 is 10.1 Å². The van der Waals surface area contributed by atoms with Crippen molar-refractivity contribution in [1.82, 2.24) is 5.32 Å². The van der Waals surface area contributed by atoms with E-state index in [0.717, 1.165) is 12.3 Å². The van der Waals surface area contributed by atoms with E-state index in [0.29, 0.717) is 19.1 Å². The van der Waals surface area contributed by atoms with Gasteiger partial charge in [-0.1, -0.05) is 46.8 Å². The van der Waals surface area contributed by atoms with Crippen molar-refractivity contribution in [2.75, 3.05) is 19.7 Å². The molecule has 0 aromatic heterocycles. The Bertz CT molecular complexity index is 379. The lowest BCUT2D eigenvalue weighted by molar-refractivity contribution is 0.106. The zero-order chi connectivity index (χ0) is 15.2. The lowest BCUT2D eigenvalue weighted by Crippen LogP contribution is -2.33. The molecular weight excluding hydrogens is 250 g/mol. The number of ether oxygens (including phenoxy) is 1. The van der Waals surface area contributed by atoms with E-state index in [2.05, 4.69) is 52.1 Å². The second-order valence-corrected chi connectivity index (χ2v) is 6.79. The van der Waals surface area contributed by atoms with Gasteiger partial charge in [0.15, 0.2) is 0 Å². The maximum absolute atomic E-state index is 9.82. The van der Waals surface area contributed by atoms with Crippen LogP contribution in [0.1, 0.15) is 40.2 Å². The number of hydrogen-bond donors (Lipinski definition) is 2. The Morgan fingerprint density at radius 3 is 2.20 bits per heavy atom. The largest absolute Gasteiger partial charge is 0.491 e. The van der Waals surface area contributed by atoms with Crippen LogP contribution in [0.25, 0.3) is 0 Å². The third kappa shape index (κ3) is 6.40. The van der Waals surface area contributed by atoms with Crippen molar-refractivity contribution < 1.29 is 9.84 Å². The maximum atomic E-state index is 9.82. The molecule has 0 spiro atoms. The second kappa shape index (κ2) is 7.65. The molecule has 0 aliphatic carbocycles. The van der Waals surface area contributed by atoms with Gasteiger partial charge in [-0.3, -0.25) is 0 Å². The molecule has 1 rings (SSSR count). The Hall–Kier alpha value is -1.06. The first-order valence-corrected chi connectivity index (χ1v) is 7.41. The van der Waals surface area contributed by atoms with E-state index in [1.54, 1.807) is 0 Å². The summed E-state index contributed by atoms with van der Waals surface area (Å²) in [7, 11) is 0. The minimum atomic E-state index is -0.476. The molecule has 1 unspecified atom stereocenters. The van der Waals surface area contributed by atoms with Crippen LogP contribution in [0.4, 0.5) is 0 Å². The highest BCUT2D eigenvalue weighted by Crippen LogP contribution is 2.24. The second-order valence-electron chi connectivity index (χ2n) is 6.79. The molecule has 0 amide bonds. The normalized spacial score (nSPS) is 13.6. The summed E-state index contributed by atoms with van der Waals surface area (Å²) in [5, 5.41) is 13.0. The number of aliphatic hydroxyl groups excluding tert-OH is 1. The minimum Gasteiger partial charge on any atom is -0.491 e. The molecule has 2 N–H and O–H groups in total. The molecule has 20 heavy (non-hydrogen) atoms. The molecule has 0 aliphatic rings. The monoisotopic (exact) mass is 279 g/mol. The van der Waals surface area contributed by atoms with Crippen LogP contribution in [0.3, 0.4) is 0 Å². The third-order valence-corrected chi connectivity index (χ3v) is 3.10. The van der Waals surface area contributed by atoms with Gasteiger partial charge in [0.1, 0.15) is 18.5 Å². The molecule has 0 saturated carbocycles. The molecular formula is C17H29NO2. The predicted octanol–water partition coefficient (Wildman–Crippen LogP) is 2.97. The van der Waals surface area contributed by atoms with E-state index in [4.69, 9.17) is 4.74 Å². The van der Waals surface area contributed by atoms with Crippen LogP contribution in [0, 0.1) is 5.92 Å². The van der Waals surface area contributed by atoms with Gasteiger partial charge in [-0.15, -0.1) is 0 Å². The van der Waals surface area contributed by atoms with Crippen molar-refractivity contribution in [1.29, 1.82) is 0 Å². The van der Waals surface area contributed by atoms with Crippen LogP contribution in [-0.2, 0) is 5.41 Å². The molecule has 1 aromatic carbocycles. The molecule has 0 saturated heterocycles. The molecule has 0 fully saturated rings. The van der Waals surface area contributed by atoms with Gasteiger partial charge in [-0.2, -0.15) is 0 Å². The molecule has 0 aliphatic heterocycles. The van der Waals surface area contributed by atoms with Gasteiger partial charge in [0.25, 0.3) is 0 Å². The summed E-state index contributed by atoms with van der Waals surface area (Å²) in [6, 6.07) is 8.10. The Morgan fingerprint density at radius 2 is 1.70 bits per heavy atom. The van der Waals surface area contributed by atoms with Gasteiger partial charge in [0.2, 0.25) is 0 Å². The molecule has 0 heterocycles. The third-order valence-electron chi connectivity index (χ3n) is 3.10. The summed E-state index contributed by atoms with van der Waals surface area (Å²) in [4.78, 5) is 0. The Balaban J connectivity index is 2.34. The van der Waals surface area contributed by atoms with Gasteiger partial charge in [0, 0.05) is 6.54 Å². The minimum absolute atomic E-state index is 0.152. The highest BCUT2D eigenvalue weighted by Gasteiger charge is 2.13. The molecule has 1 aromatic rings. The number of hydrogen-bond acceptors (Lipinski definition) is 3. The highest BCUT2D eigenvalue weighted by molar-refractivity contribution is 5.31. The molecule has 3 heteroatoms. The van der Waals surface area contributed by atoms with Crippen LogP contribution in [0.5, 0.6) is 5.75 Å². The van der Waals surface area contributed by atoms with E-state index < -0.39 is 6.10 Å². The van der Waals surface area contributed by atoms with Crippen LogP contribution in [0.2, 0.25) is 0 Å². The average molecular weight is 279 g/mol. The quantitative estimate of drug-likeness (QED) is 0.806. The van der Waals surface area contributed by atoms with Crippen LogP contribution >= 0.6 is 0 Å². The predicted molar refractivity (Wildman–Crippen MR) is 84.4 cm³/mol. The van der Waals surface area contributed by atoms with E-state index >= 15 is 0 Å². The zero-order valence-electron chi connectivity index (χ0n) is 13.4. The first-order chi connectivity index (χ1) is 9.29. The fraction of sp³-hybridized carbons (Fsp3) is 0.647. The van der Waals surface area contributed by atoms with Gasteiger partial charge in [-0.25, -0.2) is 0 Å². The summed E-state index contributed by atoms with van der Waals surface area (Å²) >= 11 is 0. The molecule has 114 valence electrons.